The smallest absolute Gasteiger partial charge is 0.254 e. The molecule has 0 radical (unpaired) electrons. The molecular weight excluding hydrogens is 249 g/mol. The molecule has 1 unspecified atom stereocenters. The Kier molecular flexibility index (Phi) is 5.29. The highest BCUT2D eigenvalue weighted by atomic mass is 19.1. The van der Waals surface area contributed by atoms with E-state index in [1.807, 2.05) is 0 Å². The van der Waals surface area contributed by atoms with Gasteiger partial charge in [0.2, 0.25) is 5.91 Å². The van der Waals surface area contributed by atoms with E-state index in [0.717, 1.165) is 0 Å². The molecule has 0 spiro atoms. The van der Waals surface area contributed by atoms with E-state index in [-0.39, 0.29) is 17.2 Å². The lowest BCUT2D eigenvalue weighted by Crippen LogP contribution is -2.43. The van der Waals surface area contributed by atoms with Crippen LogP contribution >= 0.6 is 0 Å². The maximum Gasteiger partial charge on any atom is 0.254 e. The molecule has 0 saturated heterocycles. The molecule has 1 aromatic rings. The van der Waals surface area contributed by atoms with Gasteiger partial charge in [0.15, 0.2) is 0 Å². The van der Waals surface area contributed by atoms with Crippen LogP contribution in [-0.4, -0.2) is 31.4 Å². The highest BCUT2D eigenvalue weighted by Gasteiger charge is 2.19. The van der Waals surface area contributed by atoms with Gasteiger partial charge in [-0.2, -0.15) is 0 Å². The van der Waals surface area contributed by atoms with Gasteiger partial charge in [0.1, 0.15) is 11.9 Å². The van der Waals surface area contributed by atoms with Crippen LogP contribution in [-0.2, 0) is 4.79 Å². The molecule has 5 nitrogen and oxygen atoms in total. The monoisotopic (exact) mass is 267 g/mol. The molecule has 104 valence electrons. The van der Waals surface area contributed by atoms with E-state index in [2.05, 4.69) is 16.0 Å². The zero-order valence-corrected chi connectivity index (χ0v) is 11.2. The molecule has 6 heteroatoms. The van der Waals surface area contributed by atoms with Crippen molar-refractivity contribution in [3.63, 3.8) is 0 Å². The molecule has 0 aliphatic rings. The topological polar surface area (TPSA) is 70.2 Å². The molecular formula is C13H18FN3O2. The molecule has 1 atom stereocenters. The molecule has 1 rings (SSSR count). The van der Waals surface area contributed by atoms with Crippen molar-refractivity contribution in [1.82, 2.24) is 10.6 Å². The van der Waals surface area contributed by atoms with E-state index in [9.17, 15) is 14.0 Å². The van der Waals surface area contributed by atoms with Gasteiger partial charge in [-0.1, -0.05) is 6.07 Å². The Morgan fingerprint density at radius 2 is 2.05 bits per heavy atom. The van der Waals surface area contributed by atoms with Crippen molar-refractivity contribution in [1.29, 1.82) is 0 Å². The predicted molar refractivity (Wildman–Crippen MR) is 71.6 cm³/mol. The van der Waals surface area contributed by atoms with Crippen molar-refractivity contribution in [3.05, 3.63) is 29.6 Å². The summed E-state index contributed by atoms with van der Waals surface area (Å²) in [5, 5.41) is 7.75. The highest BCUT2D eigenvalue weighted by molar-refractivity contribution is 6.01. The Morgan fingerprint density at radius 1 is 1.37 bits per heavy atom. The second-order valence-corrected chi connectivity index (χ2v) is 4.00. The molecule has 2 amide bonds. The number of hydrogen-bond donors (Lipinski definition) is 3. The van der Waals surface area contributed by atoms with Gasteiger partial charge in [0, 0.05) is 13.6 Å². The first-order valence-corrected chi connectivity index (χ1v) is 6.06. The van der Waals surface area contributed by atoms with Crippen LogP contribution in [0, 0.1) is 5.82 Å². The molecule has 0 fully saturated rings. The van der Waals surface area contributed by atoms with E-state index in [0.29, 0.717) is 6.54 Å². The highest BCUT2D eigenvalue weighted by Crippen LogP contribution is 2.19. The number of carbonyl (C=O) groups is 2. The molecule has 0 bridgehead atoms. The number of nitrogens with one attached hydrogen (secondary N) is 3. The van der Waals surface area contributed by atoms with Crippen LogP contribution in [0.1, 0.15) is 24.2 Å². The number of para-hydroxylation sites is 1. The quantitative estimate of drug-likeness (QED) is 0.748. The van der Waals surface area contributed by atoms with E-state index in [1.54, 1.807) is 13.8 Å². The number of hydrogen-bond acceptors (Lipinski definition) is 3. The average molecular weight is 267 g/mol. The Hall–Kier alpha value is -2.11. The lowest BCUT2D eigenvalue weighted by Gasteiger charge is -2.15. The van der Waals surface area contributed by atoms with Crippen molar-refractivity contribution in [2.75, 3.05) is 18.9 Å². The first kappa shape index (κ1) is 14.9. The third kappa shape index (κ3) is 3.67. The Balaban J connectivity index is 2.93. The first-order chi connectivity index (χ1) is 9.01. The number of anilines is 1. The van der Waals surface area contributed by atoms with Gasteiger partial charge < -0.3 is 16.0 Å². The summed E-state index contributed by atoms with van der Waals surface area (Å²) in [6.07, 6.45) is 0. The van der Waals surface area contributed by atoms with Crippen molar-refractivity contribution in [2.45, 2.75) is 19.9 Å². The molecule has 0 saturated carbocycles. The lowest BCUT2D eigenvalue weighted by molar-refractivity contribution is -0.122. The summed E-state index contributed by atoms with van der Waals surface area (Å²) in [5.74, 6) is -1.30. The number of amides is 2. The molecule has 3 N–H and O–H groups in total. The van der Waals surface area contributed by atoms with Crippen molar-refractivity contribution >= 4 is 17.5 Å². The minimum atomic E-state index is -0.685. The van der Waals surface area contributed by atoms with Gasteiger partial charge in [-0.3, -0.25) is 9.59 Å². The van der Waals surface area contributed by atoms with E-state index < -0.39 is 17.8 Å². The first-order valence-electron chi connectivity index (χ1n) is 6.06. The standard InChI is InChI=1S/C13H18FN3O2/c1-4-16-11-9(6-5-7-10(11)14)13(19)17-8(2)12(18)15-3/h5-8,16H,4H2,1-3H3,(H,15,18)(H,17,19). The minimum absolute atomic E-state index is 0.145. The van der Waals surface area contributed by atoms with Crippen molar-refractivity contribution in [3.8, 4) is 0 Å². The van der Waals surface area contributed by atoms with Crippen LogP contribution in [0.25, 0.3) is 0 Å². The molecule has 0 aliphatic heterocycles. The second-order valence-electron chi connectivity index (χ2n) is 4.00. The fourth-order valence-corrected chi connectivity index (χ4v) is 1.63. The summed E-state index contributed by atoms with van der Waals surface area (Å²) in [6, 6.07) is 3.55. The van der Waals surface area contributed by atoms with Crippen LogP contribution in [0.3, 0.4) is 0 Å². The summed E-state index contributed by atoms with van der Waals surface area (Å²) in [7, 11) is 1.48. The van der Waals surface area contributed by atoms with Crippen molar-refractivity contribution in [2.24, 2.45) is 0 Å². The van der Waals surface area contributed by atoms with Crippen LogP contribution in [0.4, 0.5) is 10.1 Å². The van der Waals surface area contributed by atoms with Gasteiger partial charge in [0.05, 0.1) is 11.3 Å². The van der Waals surface area contributed by atoms with Gasteiger partial charge in [-0.15, -0.1) is 0 Å². The van der Waals surface area contributed by atoms with Crippen LogP contribution < -0.4 is 16.0 Å². The van der Waals surface area contributed by atoms with Crippen LogP contribution in [0.2, 0.25) is 0 Å². The number of likely N-dealkylation sites (N-methyl/N-ethyl adjacent to an activating group) is 1. The lowest BCUT2D eigenvalue weighted by atomic mass is 10.1. The molecule has 0 aromatic heterocycles. The molecule has 1 aromatic carbocycles. The third-order valence-corrected chi connectivity index (χ3v) is 2.60. The molecule has 19 heavy (non-hydrogen) atoms. The van der Waals surface area contributed by atoms with Gasteiger partial charge in [-0.25, -0.2) is 4.39 Å². The van der Waals surface area contributed by atoms with E-state index >= 15 is 0 Å². The minimum Gasteiger partial charge on any atom is -0.382 e. The second kappa shape index (κ2) is 6.72. The molecule has 0 aliphatic carbocycles. The van der Waals surface area contributed by atoms with Gasteiger partial charge >= 0.3 is 0 Å². The zero-order valence-electron chi connectivity index (χ0n) is 11.2. The summed E-state index contributed by atoms with van der Waals surface area (Å²) in [4.78, 5) is 23.4. The predicted octanol–water partition coefficient (Wildman–Crippen LogP) is 1.12. The number of benzene rings is 1. The maximum atomic E-state index is 13.6. The van der Waals surface area contributed by atoms with E-state index in [4.69, 9.17) is 0 Å². The summed E-state index contributed by atoms with van der Waals surface area (Å²) in [6.45, 7) is 3.86. The fraction of sp³-hybridized carbons (Fsp3) is 0.385. The normalized spacial score (nSPS) is 11.6. The Bertz CT molecular complexity index is 477. The van der Waals surface area contributed by atoms with Gasteiger partial charge in [0.25, 0.3) is 5.91 Å². The van der Waals surface area contributed by atoms with Gasteiger partial charge in [-0.05, 0) is 26.0 Å². The zero-order chi connectivity index (χ0) is 14.4. The van der Waals surface area contributed by atoms with Crippen LogP contribution in [0.15, 0.2) is 18.2 Å². The fourth-order valence-electron chi connectivity index (χ4n) is 1.63. The van der Waals surface area contributed by atoms with Crippen molar-refractivity contribution < 1.29 is 14.0 Å². The summed E-state index contributed by atoms with van der Waals surface area (Å²) >= 11 is 0. The number of halogens is 1. The summed E-state index contributed by atoms with van der Waals surface area (Å²) in [5.41, 5.74) is 0.323. The maximum absolute atomic E-state index is 13.6. The number of rotatable bonds is 5. The Morgan fingerprint density at radius 3 is 2.63 bits per heavy atom. The molecule has 0 heterocycles. The largest absolute Gasteiger partial charge is 0.382 e. The van der Waals surface area contributed by atoms with Crippen LogP contribution in [0.5, 0.6) is 0 Å². The third-order valence-electron chi connectivity index (χ3n) is 2.60. The van der Waals surface area contributed by atoms with E-state index in [1.165, 1.54) is 25.2 Å². The average Bonchev–Trinajstić information content (AvgIpc) is 2.40. The number of carbonyl (C=O) groups excluding carboxylic acids is 2. The summed E-state index contributed by atoms with van der Waals surface area (Å²) < 4.78 is 13.6. The Labute approximate surface area is 111 Å². The SMILES string of the molecule is CCNc1c(F)cccc1C(=O)NC(C)C(=O)NC.